The van der Waals surface area contributed by atoms with E-state index in [2.05, 4.69) is 50.3 Å². The van der Waals surface area contributed by atoms with Gasteiger partial charge in [-0.1, -0.05) is 26.0 Å². The average Bonchev–Trinajstić information content (AvgIpc) is 3.32. The number of aliphatic hydroxyl groups is 1. The van der Waals surface area contributed by atoms with Crippen molar-refractivity contribution < 1.29 is 14.6 Å². The first kappa shape index (κ1) is 29.2. The standard InChI is InChI=1S/C31H43N7O3/c1-29(2,3)41-31(6,40)15-19-10-12-38(13-11-19)18-20-8-7-9-22(14-20)34-27(39)26-23-25(36-37-26)24-21(16-30(23,4)5)17-33-28(32)35-24/h7-9,14,17,19,40H,10-13,15-16,18H2,1-6H3,(H,34,39)(H,36,37)(H2,32,33,35). The molecule has 5 rings (SSSR count). The number of hydrogen-bond donors (Lipinski definition) is 4. The van der Waals surface area contributed by atoms with E-state index in [4.69, 9.17) is 10.5 Å². The summed E-state index contributed by atoms with van der Waals surface area (Å²) in [6.45, 7) is 14.6. The largest absolute Gasteiger partial charge is 0.368 e. The molecule has 2 aliphatic rings. The number of ether oxygens (including phenoxy) is 1. The van der Waals surface area contributed by atoms with Crippen LogP contribution in [0.3, 0.4) is 0 Å². The van der Waals surface area contributed by atoms with Gasteiger partial charge < -0.3 is 20.9 Å². The molecule has 2 aromatic heterocycles. The third-order valence-corrected chi connectivity index (χ3v) is 7.90. The predicted octanol–water partition coefficient (Wildman–Crippen LogP) is 4.66. The highest BCUT2D eigenvalue weighted by Gasteiger charge is 2.39. The van der Waals surface area contributed by atoms with Crippen LogP contribution >= 0.6 is 0 Å². The van der Waals surface area contributed by atoms with Gasteiger partial charge in [0.1, 0.15) is 11.4 Å². The number of hydrogen-bond acceptors (Lipinski definition) is 8. The van der Waals surface area contributed by atoms with Gasteiger partial charge in [-0.25, -0.2) is 9.97 Å². The number of rotatable bonds is 7. The number of carbonyl (C=O) groups is 1. The predicted molar refractivity (Wildman–Crippen MR) is 159 cm³/mol. The van der Waals surface area contributed by atoms with Gasteiger partial charge in [0.05, 0.1) is 11.3 Å². The quantitative estimate of drug-likeness (QED) is 0.305. The molecule has 1 unspecified atom stereocenters. The average molecular weight is 562 g/mol. The Hall–Kier alpha value is -3.34. The van der Waals surface area contributed by atoms with Gasteiger partial charge in [-0.15, -0.1) is 0 Å². The number of aromatic amines is 1. The highest BCUT2D eigenvalue weighted by atomic mass is 16.6. The molecule has 1 atom stereocenters. The second-order valence-electron chi connectivity index (χ2n) is 13.5. The number of piperidine rings is 1. The molecule has 3 aromatic rings. The van der Waals surface area contributed by atoms with Crippen molar-refractivity contribution in [1.82, 2.24) is 25.1 Å². The molecule has 10 nitrogen and oxygen atoms in total. The van der Waals surface area contributed by atoms with Crippen molar-refractivity contribution in [3.8, 4) is 11.4 Å². The van der Waals surface area contributed by atoms with Crippen molar-refractivity contribution >= 4 is 17.5 Å². The number of anilines is 2. The normalized spacial score (nSPS) is 18.8. The first-order valence-corrected chi connectivity index (χ1v) is 14.4. The summed E-state index contributed by atoms with van der Waals surface area (Å²) in [5.74, 6) is -0.745. The lowest BCUT2D eigenvalue weighted by atomic mass is 9.73. The Morgan fingerprint density at radius 1 is 1.22 bits per heavy atom. The highest BCUT2D eigenvalue weighted by molar-refractivity contribution is 6.05. The Labute approximate surface area is 242 Å². The zero-order valence-electron chi connectivity index (χ0n) is 25.0. The fourth-order valence-electron chi connectivity index (χ4n) is 6.44. The Kier molecular flexibility index (Phi) is 7.69. The number of nitrogens with one attached hydrogen (secondary N) is 2. The van der Waals surface area contributed by atoms with Crippen LogP contribution in [0.5, 0.6) is 0 Å². The van der Waals surface area contributed by atoms with Gasteiger partial charge >= 0.3 is 0 Å². The Bertz CT molecular complexity index is 1420. The van der Waals surface area contributed by atoms with E-state index in [9.17, 15) is 9.90 Å². The van der Waals surface area contributed by atoms with E-state index >= 15 is 0 Å². The lowest BCUT2D eigenvalue weighted by Crippen LogP contribution is -2.41. The molecule has 0 saturated carbocycles. The summed E-state index contributed by atoms with van der Waals surface area (Å²) < 4.78 is 5.87. The topological polar surface area (TPSA) is 142 Å². The minimum absolute atomic E-state index is 0.186. The van der Waals surface area contributed by atoms with Crippen molar-refractivity contribution in [1.29, 1.82) is 0 Å². The van der Waals surface area contributed by atoms with Gasteiger partial charge in [0.15, 0.2) is 5.79 Å². The number of aromatic nitrogens is 4. The van der Waals surface area contributed by atoms with Crippen molar-refractivity contribution in [2.24, 2.45) is 5.92 Å². The van der Waals surface area contributed by atoms with Gasteiger partial charge in [-0.2, -0.15) is 5.10 Å². The molecule has 0 bridgehead atoms. The molecule has 3 heterocycles. The maximum Gasteiger partial charge on any atom is 0.273 e. The van der Waals surface area contributed by atoms with Gasteiger partial charge in [0.2, 0.25) is 5.95 Å². The maximum absolute atomic E-state index is 13.5. The van der Waals surface area contributed by atoms with Crippen LogP contribution in [0.25, 0.3) is 11.4 Å². The zero-order chi connectivity index (χ0) is 29.6. The van der Waals surface area contributed by atoms with E-state index < -0.39 is 5.79 Å². The highest BCUT2D eigenvalue weighted by Crippen LogP contribution is 2.43. The minimum atomic E-state index is -1.12. The summed E-state index contributed by atoms with van der Waals surface area (Å²) in [6.07, 6.45) is 5.10. The molecular weight excluding hydrogens is 518 g/mol. The first-order chi connectivity index (χ1) is 19.2. The molecule has 0 radical (unpaired) electrons. The number of fused-ring (bicyclic) bond motifs is 3. The Balaban J connectivity index is 1.22. The lowest BCUT2D eigenvalue weighted by molar-refractivity contribution is -0.251. The number of benzene rings is 1. The van der Waals surface area contributed by atoms with Crippen LogP contribution in [0.2, 0.25) is 0 Å². The molecule has 220 valence electrons. The van der Waals surface area contributed by atoms with Crippen molar-refractivity contribution in [2.75, 3.05) is 24.1 Å². The smallest absolute Gasteiger partial charge is 0.273 e. The van der Waals surface area contributed by atoms with Crippen molar-refractivity contribution in [3.05, 3.63) is 52.8 Å². The summed E-state index contributed by atoms with van der Waals surface area (Å²) >= 11 is 0. The van der Waals surface area contributed by atoms with Crippen LogP contribution in [-0.2, 0) is 23.1 Å². The van der Waals surface area contributed by atoms with Crippen molar-refractivity contribution in [2.45, 2.75) is 90.6 Å². The van der Waals surface area contributed by atoms with E-state index in [-0.39, 0.29) is 22.9 Å². The number of nitrogens with zero attached hydrogens (tertiary/aromatic N) is 4. The Morgan fingerprint density at radius 3 is 2.66 bits per heavy atom. The number of H-pyrrole nitrogens is 1. The summed E-state index contributed by atoms with van der Waals surface area (Å²) in [5, 5.41) is 21.2. The molecule has 0 spiro atoms. The molecule has 1 aromatic carbocycles. The number of carbonyl (C=O) groups excluding carboxylic acids is 1. The zero-order valence-corrected chi connectivity index (χ0v) is 25.0. The van der Waals surface area contributed by atoms with Crippen LogP contribution < -0.4 is 11.1 Å². The minimum Gasteiger partial charge on any atom is -0.368 e. The molecular formula is C31H43N7O3. The molecule has 1 fully saturated rings. The van der Waals surface area contributed by atoms with E-state index in [1.807, 2.05) is 39.0 Å². The van der Waals surface area contributed by atoms with Gasteiger partial charge in [0, 0.05) is 30.4 Å². The summed E-state index contributed by atoms with van der Waals surface area (Å²) in [6, 6.07) is 8.00. The molecule has 1 amide bonds. The van der Waals surface area contributed by atoms with Crippen LogP contribution in [0, 0.1) is 5.92 Å². The third-order valence-electron chi connectivity index (χ3n) is 7.90. The van der Waals surface area contributed by atoms with Gasteiger partial charge in [-0.3, -0.25) is 14.8 Å². The van der Waals surface area contributed by atoms with Crippen LogP contribution in [0.4, 0.5) is 11.6 Å². The number of likely N-dealkylation sites (tertiary alicyclic amines) is 1. The molecule has 1 aliphatic carbocycles. The molecule has 1 saturated heterocycles. The Morgan fingerprint density at radius 2 is 1.95 bits per heavy atom. The fraction of sp³-hybridized carbons (Fsp3) is 0.548. The van der Waals surface area contributed by atoms with E-state index in [0.29, 0.717) is 35.8 Å². The first-order valence-electron chi connectivity index (χ1n) is 14.4. The maximum atomic E-state index is 13.5. The second kappa shape index (κ2) is 10.8. The second-order valence-corrected chi connectivity index (χ2v) is 13.5. The van der Waals surface area contributed by atoms with E-state index in [0.717, 1.165) is 54.9 Å². The molecule has 5 N–H and O–H groups in total. The lowest BCUT2D eigenvalue weighted by Gasteiger charge is -2.38. The number of nitrogen functional groups attached to an aromatic ring is 1. The van der Waals surface area contributed by atoms with Gasteiger partial charge in [-0.05, 0) is 94.6 Å². The fourth-order valence-corrected chi connectivity index (χ4v) is 6.44. The van der Waals surface area contributed by atoms with E-state index in [1.54, 1.807) is 13.1 Å². The SMILES string of the molecule is CC(C)(C)OC(C)(O)CC1CCN(Cc2cccc(NC(=O)c3[nH]nc4c3C(C)(C)Cc3cnc(N)nc3-4)c2)CC1. The van der Waals surface area contributed by atoms with Crippen LogP contribution in [-0.4, -0.2) is 60.6 Å². The summed E-state index contributed by atoms with van der Waals surface area (Å²) in [5.41, 5.74) is 10.6. The third kappa shape index (κ3) is 6.77. The van der Waals surface area contributed by atoms with E-state index in [1.165, 1.54) is 0 Å². The van der Waals surface area contributed by atoms with Gasteiger partial charge in [0.25, 0.3) is 5.91 Å². The molecule has 41 heavy (non-hydrogen) atoms. The van der Waals surface area contributed by atoms with Crippen LogP contribution in [0.1, 0.15) is 88.0 Å². The number of amides is 1. The molecule has 1 aliphatic heterocycles. The summed E-state index contributed by atoms with van der Waals surface area (Å²) in [4.78, 5) is 24.4. The monoisotopic (exact) mass is 561 g/mol. The van der Waals surface area contributed by atoms with Crippen molar-refractivity contribution in [3.63, 3.8) is 0 Å². The summed E-state index contributed by atoms with van der Waals surface area (Å²) in [7, 11) is 0. The number of nitrogens with two attached hydrogens (primary N) is 1. The molecule has 10 heteroatoms. The van der Waals surface area contributed by atoms with Crippen LogP contribution in [0.15, 0.2) is 30.5 Å².